The van der Waals surface area contributed by atoms with Crippen LogP contribution in [0, 0.1) is 0 Å². The maximum absolute atomic E-state index is 11.9. The molecule has 3 aromatic rings. The third-order valence-electron chi connectivity index (χ3n) is 2.58. The molecule has 1 aromatic carbocycles. The summed E-state index contributed by atoms with van der Waals surface area (Å²) >= 11 is 5.97. The molecule has 0 amide bonds. The van der Waals surface area contributed by atoms with Crippen LogP contribution in [0.2, 0.25) is 5.02 Å². The van der Waals surface area contributed by atoms with Crippen LogP contribution in [0.25, 0.3) is 22.3 Å². The summed E-state index contributed by atoms with van der Waals surface area (Å²) in [5, 5.41) is 7.48. The average molecular weight is 263 g/mol. The molecule has 0 saturated heterocycles. The van der Waals surface area contributed by atoms with E-state index in [9.17, 15) is 9.59 Å². The van der Waals surface area contributed by atoms with Crippen LogP contribution in [0.15, 0.2) is 33.9 Å². The average Bonchev–Trinajstić information content (AvgIpc) is 2.75. The maximum atomic E-state index is 11.9. The molecule has 6 nitrogen and oxygen atoms in total. The fourth-order valence-electron chi connectivity index (χ4n) is 1.80. The van der Waals surface area contributed by atoms with E-state index in [4.69, 9.17) is 11.6 Å². The van der Waals surface area contributed by atoms with Crippen LogP contribution in [0.5, 0.6) is 0 Å². The van der Waals surface area contributed by atoms with E-state index in [1.165, 1.54) is 0 Å². The number of benzene rings is 1. The molecule has 18 heavy (non-hydrogen) atoms. The van der Waals surface area contributed by atoms with Crippen LogP contribution >= 0.6 is 11.6 Å². The first-order valence-corrected chi connectivity index (χ1v) is 5.49. The summed E-state index contributed by atoms with van der Waals surface area (Å²) in [5.41, 5.74) is -0.331. The van der Waals surface area contributed by atoms with Gasteiger partial charge in [0.2, 0.25) is 0 Å². The Morgan fingerprint density at radius 1 is 1.17 bits per heavy atom. The molecule has 0 aliphatic carbocycles. The zero-order valence-corrected chi connectivity index (χ0v) is 9.71. The maximum Gasteiger partial charge on any atom is 0.340 e. The number of hydrogen-bond donors (Lipinski definition) is 3. The molecule has 0 radical (unpaired) electrons. The highest BCUT2D eigenvalue weighted by molar-refractivity contribution is 6.35. The van der Waals surface area contributed by atoms with Crippen LogP contribution in [-0.4, -0.2) is 20.2 Å². The zero-order valence-electron chi connectivity index (χ0n) is 8.95. The molecule has 0 atom stereocenters. The van der Waals surface area contributed by atoms with Crippen LogP contribution in [0.3, 0.4) is 0 Å². The van der Waals surface area contributed by atoms with Gasteiger partial charge in [0.25, 0.3) is 5.56 Å². The fourth-order valence-corrected chi connectivity index (χ4v) is 2.07. The number of aromatic nitrogens is 4. The van der Waals surface area contributed by atoms with Crippen molar-refractivity contribution in [1.82, 2.24) is 20.2 Å². The fraction of sp³-hybridized carbons (Fsp3) is 0. The Bertz CT molecular complexity index is 846. The van der Waals surface area contributed by atoms with Gasteiger partial charge in [0.1, 0.15) is 0 Å². The Kier molecular flexibility index (Phi) is 2.31. The van der Waals surface area contributed by atoms with Crippen LogP contribution in [-0.2, 0) is 0 Å². The van der Waals surface area contributed by atoms with Crippen molar-refractivity contribution in [3.63, 3.8) is 0 Å². The molecule has 0 bridgehead atoms. The molecule has 0 fully saturated rings. The molecule has 0 aliphatic rings. The summed E-state index contributed by atoms with van der Waals surface area (Å²) in [5.74, 6) is 0.277. The lowest BCUT2D eigenvalue weighted by atomic mass is 10.1. The Labute approximate surface area is 105 Å². The Morgan fingerprint density at radius 2 is 2.00 bits per heavy atom. The van der Waals surface area contributed by atoms with E-state index in [2.05, 4.69) is 20.2 Å². The third-order valence-corrected chi connectivity index (χ3v) is 2.89. The van der Waals surface area contributed by atoms with Gasteiger partial charge in [-0.05, 0) is 17.5 Å². The molecule has 2 aromatic heterocycles. The van der Waals surface area contributed by atoms with Gasteiger partial charge in [-0.15, -0.1) is 0 Å². The largest absolute Gasteiger partial charge is 0.340 e. The molecular weight excluding hydrogens is 256 g/mol. The molecule has 0 spiro atoms. The summed E-state index contributed by atoms with van der Waals surface area (Å²) in [6.45, 7) is 0. The third kappa shape index (κ3) is 1.63. The lowest BCUT2D eigenvalue weighted by molar-refractivity contribution is 1.05. The van der Waals surface area contributed by atoms with Crippen molar-refractivity contribution in [2.75, 3.05) is 0 Å². The molecule has 7 heteroatoms. The number of nitrogens with zero attached hydrogens (tertiary/aromatic N) is 1. The topological polar surface area (TPSA) is 94.4 Å². The summed E-state index contributed by atoms with van der Waals surface area (Å²) in [7, 11) is 0. The lowest BCUT2D eigenvalue weighted by Gasteiger charge is -2.01. The Morgan fingerprint density at radius 3 is 2.72 bits per heavy atom. The number of rotatable bonds is 1. The molecule has 0 aliphatic heterocycles. The second kappa shape index (κ2) is 3.85. The van der Waals surface area contributed by atoms with Crippen molar-refractivity contribution < 1.29 is 0 Å². The van der Waals surface area contributed by atoms with Crippen molar-refractivity contribution in [2.24, 2.45) is 0 Å². The monoisotopic (exact) mass is 262 g/mol. The van der Waals surface area contributed by atoms with E-state index in [-0.39, 0.29) is 11.4 Å². The van der Waals surface area contributed by atoms with Crippen molar-refractivity contribution in [3.8, 4) is 11.5 Å². The highest BCUT2D eigenvalue weighted by Gasteiger charge is 2.09. The number of aromatic amines is 3. The zero-order chi connectivity index (χ0) is 12.7. The van der Waals surface area contributed by atoms with Crippen molar-refractivity contribution in [2.45, 2.75) is 0 Å². The first kappa shape index (κ1) is 10.8. The smallest absolute Gasteiger partial charge is 0.319 e. The van der Waals surface area contributed by atoms with Crippen molar-refractivity contribution >= 4 is 22.4 Å². The SMILES string of the molecule is O=c1[nH]nc(-c2cc3cccc(Cl)c3c(=O)[nH]2)[nH]1. The quantitative estimate of drug-likeness (QED) is 0.616. The van der Waals surface area contributed by atoms with E-state index in [0.717, 1.165) is 0 Å². The van der Waals surface area contributed by atoms with Crippen LogP contribution < -0.4 is 11.2 Å². The molecule has 2 heterocycles. The van der Waals surface area contributed by atoms with Gasteiger partial charge in [0.05, 0.1) is 16.1 Å². The van der Waals surface area contributed by atoms with Gasteiger partial charge >= 0.3 is 5.69 Å². The number of hydrogen-bond acceptors (Lipinski definition) is 3. The number of H-pyrrole nitrogens is 3. The van der Waals surface area contributed by atoms with Gasteiger partial charge in [-0.1, -0.05) is 23.7 Å². The number of fused-ring (bicyclic) bond motifs is 1. The van der Waals surface area contributed by atoms with Gasteiger partial charge in [-0.2, -0.15) is 5.10 Å². The van der Waals surface area contributed by atoms with Crippen molar-refractivity contribution in [3.05, 3.63) is 50.1 Å². The predicted octanol–water partition coefficient (Wildman–Crippen LogP) is 1.26. The van der Waals surface area contributed by atoms with Gasteiger partial charge < -0.3 is 4.98 Å². The lowest BCUT2D eigenvalue weighted by Crippen LogP contribution is -2.08. The van der Waals surface area contributed by atoms with Crippen LogP contribution in [0.4, 0.5) is 0 Å². The molecule has 0 saturated carbocycles. The second-order valence-electron chi connectivity index (χ2n) is 3.74. The molecule has 3 rings (SSSR count). The van der Waals surface area contributed by atoms with Gasteiger partial charge in [0, 0.05) is 0 Å². The first-order chi connectivity index (χ1) is 8.65. The summed E-state index contributed by atoms with van der Waals surface area (Å²) in [6, 6.07) is 6.87. The van der Waals surface area contributed by atoms with Crippen molar-refractivity contribution in [1.29, 1.82) is 0 Å². The van der Waals surface area contributed by atoms with E-state index >= 15 is 0 Å². The van der Waals surface area contributed by atoms with Gasteiger partial charge in [-0.3, -0.25) is 9.78 Å². The van der Waals surface area contributed by atoms with E-state index in [1.54, 1.807) is 24.3 Å². The standard InChI is InChI=1S/C11H7ClN4O2/c12-6-3-1-2-5-4-7(13-10(17)8(5)6)9-14-11(18)16-15-9/h1-4H,(H,13,17)(H2,14,15,16,18). The highest BCUT2D eigenvalue weighted by Crippen LogP contribution is 2.21. The summed E-state index contributed by atoms with van der Waals surface area (Å²) in [6.07, 6.45) is 0. The normalized spacial score (nSPS) is 10.9. The Balaban J connectivity index is 2.35. The predicted molar refractivity (Wildman–Crippen MR) is 67.8 cm³/mol. The van der Waals surface area contributed by atoms with Gasteiger partial charge in [-0.25, -0.2) is 9.89 Å². The minimum absolute atomic E-state index is 0.277. The highest BCUT2D eigenvalue weighted by atomic mass is 35.5. The molecule has 3 N–H and O–H groups in total. The molecule has 0 unspecified atom stereocenters. The molecule has 90 valence electrons. The van der Waals surface area contributed by atoms with Crippen LogP contribution in [0.1, 0.15) is 0 Å². The summed E-state index contributed by atoms with van der Waals surface area (Å²) in [4.78, 5) is 28.0. The van der Waals surface area contributed by atoms with E-state index in [1.807, 2.05) is 0 Å². The Hall–Kier alpha value is -2.34. The first-order valence-electron chi connectivity index (χ1n) is 5.12. The van der Waals surface area contributed by atoms with E-state index < -0.39 is 5.69 Å². The molecular formula is C11H7ClN4O2. The number of nitrogens with one attached hydrogen (secondary N) is 3. The minimum Gasteiger partial charge on any atom is -0.319 e. The van der Waals surface area contributed by atoms with Gasteiger partial charge in [0.15, 0.2) is 5.82 Å². The van der Waals surface area contributed by atoms with E-state index in [0.29, 0.717) is 21.5 Å². The minimum atomic E-state index is -0.433. The number of halogens is 1. The number of pyridine rings is 1. The summed E-state index contributed by atoms with van der Waals surface area (Å²) < 4.78 is 0. The second-order valence-corrected chi connectivity index (χ2v) is 4.15.